The summed E-state index contributed by atoms with van der Waals surface area (Å²) in [5.41, 5.74) is 5.79. The van der Waals surface area contributed by atoms with Gasteiger partial charge in [-0.2, -0.15) is 0 Å². The fraction of sp³-hybridized carbons (Fsp3) is 0.538. The van der Waals surface area contributed by atoms with Gasteiger partial charge in [0.2, 0.25) is 5.92 Å². The van der Waals surface area contributed by atoms with Gasteiger partial charge in [-0.1, -0.05) is 0 Å². The van der Waals surface area contributed by atoms with Crippen molar-refractivity contribution in [1.29, 1.82) is 0 Å². The molecule has 5 heteroatoms. The minimum atomic E-state index is -2.62. The number of benzene rings is 1. The van der Waals surface area contributed by atoms with Gasteiger partial charge in [-0.05, 0) is 17.7 Å². The Bertz CT molecular complexity index is 418. The number of halogens is 2. The first-order chi connectivity index (χ1) is 8.44. The lowest BCUT2D eigenvalue weighted by Gasteiger charge is -2.47. The number of ether oxygens (including phenoxy) is 2. The molecule has 1 aliphatic rings. The Morgan fingerprint density at radius 3 is 1.94 bits per heavy atom. The van der Waals surface area contributed by atoms with Crippen LogP contribution in [0.15, 0.2) is 18.2 Å². The first-order valence-electron chi connectivity index (χ1n) is 5.76. The van der Waals surface area contributed by atoms with Crippen LogP contribution >= 0.6 is 0 Å². The number of hydrogen-bond acceptors (Lipinski definition) is 3. The zero-order chi connectivity index (χ0) is 13.4. The molecule has 0 amide bonds. The van der Waals surface area contributed by atoms with Crippen LogP contribution in [-0.2, 0) is 5.41 Å². The van der Waals surface area contributed by atoms with E-state index in [0.717, 1.165) is 5.56 Å². The molecule has 0 radical (unpaired) electrons. The van der Waals surface area contributed by atoms with Gasteiger partial charge in [0.1, 0.15) is 11.5 Å². The second kappa shape index (κ2) is 4.39. The van der Waals surface area contributed by atoms with Crippen LogP contribution in [0.25, 0.3) is 0 Å². The molecule has 1 aliphatic carbocycles. The summed E-state index contributed by atoms with van der Waals surface area (Å²) in [7, 11) is 3.06. The van der Waals surface area contributed by atoms with Gasteiger partial charge >= 0.3 is 0 Å². The number of alkyl halides is 2. The molecule has 3 nitrogen and oxygen atoms in total. The van der Waals surface area contributed by atoms with Gasteiger partial charge in [0.05, 0.1) is 14.2 Å². The van der Waals surface area contributed by atoms with Gasteiger partial charge in [0.25, 0.3) is 0 Å². The van der Waals surface area contributed by atoms with E-state index >= 15 is 0 Å². The van der Waals surface area contributed by atoms with Crippen LogP contribution in [-0.4, -0.2) is 26.7 Å². The van der Waals surface area contributed by atoms with Crippen LogP contribution < -0.4 is 15.2 Å². The minimum Gasteiger partial charge on any atom is -0.497 e. The van der Waals surface area contributed by atoms with E-state index in [9.17, 15) is 8.78 Å². The SMILES string of the molecule is COc1cc(OC)cc(C2(CN)CC(F)(F)C2)c1. The first kappa shape index (κ1) is 13.1. The normalized spacial score (nSPS) is 20.1. The molecule has 0 aromatic heterocycles. The number of nitrogens with two attached hydrogens (primary N) is 1. The summed E-state index contributed by atoms with van der Waals surface area (Å²) in [6.45, 7) is 0.193. The Hall–Kier alpha value is -1.36. The van der Waals surface area contributed by atoms with E-state index in [2.05, 4.69) is 0 Å². The summed E-state index contributed by atoms with van der Waals surface area (Å²) < 4.78 is 36.6. The summed E-state index contributed by atoms with van der Waals surface area (Å²) in [6, 6.07) is 5.22. The van der Waals surface area contributed by atoms with Gasteiger partial charge in [-0.25, -0.2) is 8.78 Å². The minimum absolute atomic E-state index is 0.193. The lowest BCUT2D eigenvalue weighted by Crippen LogP contribution is -2.53. The van der Waals surface area contributed by atoms with Crippen molar-refractivity contribution in [1.82, 2.24) is 0 Å². The van der Waals surface area contributed by atoms with E-state index in [1.54, 1.807) is 18.2 Å². The molecule has 0 aliphatic heterocycles. The van der Waals surface area contributed by atoms with Gasteiger partial charge in [-0.15, -0.1) is 0 Å². The molecule has 1 aromatic rings. The van der Waals surface area contributed by atoms with Crippen LogP contribution in [0.1, 0.15) is 18.4 Å². The van der Waals surface area contributed by atoms with Crippen LogP contribution in [0.3, 0.4) is 0 Å². The second-order valence-corrected chi connectivity index (χ2v) is 4.80. The maximum Gasteiger partial charge on any atom is 0.250 e. The molecule has 0 bridgehead atoms. The number of hydrogen-bond donors (Lipinski definition) is 1. The maximum absolute atomic E-state index is 13.2. The molecule has 18 heavy (non-hydrogen) atoms. The van der Waals surface area contributed by atoms with Crippen LogP contribution in [0, 0.1) is 0 Å². The Balaban J connectivity index is 2.37. The van der Waals surface area contributed by atoms with Gasteiger partial charge in [0.15, 0.2) is 0 Å². The Labute approximate surface area is 105 Å². The third-order valence-corrected chi connectivity index (χ3v) is 3.55. The fourth-order valence-electron chi connectivity index (χ4n) is 2.52. The second-order valence-electron chi connectivity index (χ2n) is 4.80. The summed E-state index contributed by atoms with van der Waals surface area (Å²) in [6.07, 6.45) is -0.431. The molecule has 0 saturated heterocycles. The van der Waals surface area contributed by atoms with Crippen LogP contribution in [0.5, 0.6) is 11.5 Å². The predicted octanol–water partition coefficient (Wildman–Crippen LogP) is 2.33. The Morgan fingerprint density at radius 1 is 1.11 bits per heavy atom. The maximum atomic E-state index is 13.2. The summed E-state index contributed by atoms with van der Waals surface area (Å²) in [5, 5.41) is 0. The quantitative estimate of drug-likeness (QED) is 0.900. The van der Waals surface area contributed by atoms with Crippen LogP contribution in [0.2, 0.25) is 0 Å². The van der Waals surface area contributed by atoms with Gasteiger partial charge < -0.3 is 15.2 Å². The molecule has 0 heterocycles. The molecule has 1 aromatic carbocycles. The molecule has 2 N–H and O–H groups in total. The largest absolute Gasteiger partial charge is 0.497 e. The van der Waals surface area contributed by atoms with E-state index in [0.29, 0.717) is 11.5 Å². The lowest BCUT2D eigenvalue weighted by atomic mass is 9.62. The Morgan fingerprint density at radius 2 is 1.61 bits per heavy atom. The van der Waals surface area contributed by atoms with Crippen molar-refractivity contribution in [2.45, 2.75) is 24.2 Å². The topological polar surface area (TPSA) is 44.5 Å². The highest BCUT2D eigenvalue weighted by atomic mass is 19.3. The molecule has 0 spiro atoms. The molecule has 0 atom stereocenters. The molecular weight excluding hydrogens is 240 g/mol. The highest BCUT2D eigenvalue weighted by Crippen LogP contribution is 2.53. The van der Waals surface area contributed by atoms with Gasteiger partial charge in [-0.3, -0.25) is 0 Å². The van der Waals surface area contributed by atoms with Crippen LogP contribution in [0.4, 0.5) is 8.78 Å². The van der Waals surface area contributed by atoms with Crippen molar-refractivity contribution in [3.05, 3.63) is 23.8 Å². The lowest BCUT2D eigenvalue weighted by molar-refractivity contribution is -0.123. The van der Waals surface area contributed by atoms with E-state index in [1.165, 1.54) is 14.2 Å². The highest BCUT2D eigenvalue weighted by Gasteiger charge is 2.56. The average molecular weight is 257 g/mol. The van der Waals surface area contributed by atoms with Gasteiger partial charge in [0, 0.05) is 30.9 Å². The van der Waals surface area contributed by atoms with E-state index in [-0.39, 0.29) is 19.4 Å². The van der Waals surface area contributed by atoms with Crippen molar-refractivity contribution in [3.63, 3.8) is 0 Å². The van der Waals surface area contributed by atoms with E-state index in [1.807, 2.05) is 0 Å². The number of rotatable bonds is 4. The smallest absolute Gasteiger partial charge is 0.250 e. The first-order valence-corrected chi connectivity index (χ1v) is 5.76. The Kier molecular flexibility index (Phi) is 3.19. The molecule has 1 saturated carbocycles. The molecule has 100 valence electrons. The van der Waals surface area contributed by atoms with Crippen molar-refractivity contribution >= 4 is 0 Å². The molecule has 0 unspecified atom stereocenters. The molecule has 2 rings (SSSR count). The average Bonchev–Trinajstić information content (AvgIpc) is 2.34. The fourth-order valence-corrected chi connectivity index (χ4v) is 2.52. The third kappa shape index (κ3) is 2.14. The zero-order valence-corrected chi connectivity index (χ0v) is 10.5. The third-order valence-electron chi connectivity index (χ3n) is 3.55. The van der Waals surface area contributed by atoms with E-state index < -0.39 is 11.3 Å². The molecular formula is C13H17F2NO2. The molecule has 1 fully saturated rings. The van der Waals surface area contributed by atoms with Crippen molar-refractivity contribution < 1.29 is 18.3 Å². The number of methoxy groups -OCH3 is 2. The summed E-state index contributed by atoms with van der Waals surface area (Å²) >= 11 is 0. The predicted molar refractivity (Wildman–Crippen MR) is 64.5 cm³/mol. The summed E-state index contributed by atoms with van der Waals surface area (Å²) in [4.78, 5) is 0. The standard InChI is InChI=1S/C13H17F2NO2/c1-17-10-3-9(4-11(5-10)18-2)12(8-16)6-13(14,15)7-12/h3-5H,6-8,16H2,1-2H3. The highest BCUT2D eigenvalue weighted by molar-refractivity contribution is 5.44. The summed E-state index contributed by atoms with van der Waals surface area (Å²) in [5.74, 6) is -1.44. The van der Waals surface area contributed by atoms with Crippen molar-refractivity contribution in [2.75, 3.05) is 20.8 Å². The zero-order valence-electron chi connectivity index (χ0n) is 10.5. The monoisotopic (exact) mass is 257 g/mol. The van der Waals surface area contributed by atoms with E-state index in [4.69, 9.17) is 15.2 Å². The van der Waals surface area contributed by atoms with Crippen molar-refractivity contribution in [3.8, 4) is 11.5 Å². The van der Waals surface area contributed by atoms with Crippen molar-refractivity contribution in [2.24, 2.45) is 5.73 Å².